The zero-order valence-electron chi connectivity index (χ0n) is 10.8. The van der Waals surface area contributed by atoms with Crippen LogP contribution in [-0.2, 0) is 14.3 Å². The van der Waals surface area contributed by atoms with Crippen molar-refractivity contribution >= 4 is 5.91 Å². The van der Waals surface area contributed by atoms with Crippen molar-refractivity contribution in [3.05, 3.63) is 0 Å². The Labute approximate surface area is 98.7 Å². The van der Waals surface area contributed by atoms with E-state index in [4.69, 9.17) is 9.47 Å². The van der Waals surface area contributed by atoms with Crippen LogP contribution < -0.4 is 5.32 Å². The topological polar surface area (TPSA) is 47.6 Å². The third-order valence-corrected chi connectivity index (χ3v) is 1.94. The van der Waals surface area contributed by atoms with E-state index in [1.54, 1.807) is 0 Å². The summed E-state index contributed by atoms with van der Waals surface area (Å²) in [7, 11) is 0. The first-order valence-electron chi connectivity index (χ1n) is 6.11. The van der Waals surface area contributed by atoms with E-state index in [9.17, 15) is 4.79 Å². The second-order valence-corrected chi connectivity index (χ2v) is 4.05. The molecule has 96 valence electrons. The molecule has 0 saturated carbocycles. The molecule has 0 aromatic heterocycles. The highest BCUT2D eigenvalue weighted by atomic mass is 16.5. The molecule has 0 rings (SSSR count). The van der Waals surface area contributed by atoms with E-state index in [2.05, 4.69) is 12.2 Å². The molecule has 1 N–H and O–H groups in total. The first-order chi connectivity index (χ1) is 7.66. The Bertz CT molecular complexity index is 172. The molecule has 0 bridgehead atoms. The fourth-order valence-electron chi connectivity index (χ4n) is 1.13. The van der Waals surface area contributed by atoms with Crippen molar-refractivity contribution in [2.75, 3.05) is 26.4 Å². The van der Waals surface area contributed by atoms with E-state index in [0.717, 1.165) is 19.4 Å². The summed E-state index contributed by atoms with van der Waals surface area (Å²) in [5.41, 5.74) is 0. The molecule has 0 aromatic carbocycles. The van der Waals surface area contributed by atoms with Gasteiger partial charge in [-0.1, -0.05) is 13.3 Å². The fourth-order valence-corrected chi connectivity index (χ4v) is 1.13. The average Bonchev–Trinajstić information content (AvgIpc) is 2.21. The minimum atomic E-state index is 0.0434. The normalized spacial score (nSPS) is 10.8. The molecular weight excluding hydrogens is 206 g/mol. The maximum Gasteiger partial charge on any atom is 0.222 e. The number of amides is 1. The minimum absolute atomic E-state index is 0.0434. The van der Waals surface area contributed by atoms with Crippen LogP contribution in [0.5, 0.6) is 0 Å². The first kappa shape index (κ1) is 15.4. The van der Waals surface area contributed by atoms with Gasteiger partial charge in [-0.25, -0.2) is 0 Å². The van der Waals surface area contributed by atoms with Crippen LogP contribution in [0.2, 0.25) is 0 Å². The zero-order valence-corrected chi connectivity index (χ0v) is 10.8. The monoisotopic (exact) mass is 231 g/mol. The standard InChI is InChI=1S/C12H25NO3/c1-4-5-7-15-9-10-16-8-6-12(14)13-11(2)3/h11H,4-10H2,1-3H3,(H,13,14). The van der Waals surface area contributed by atoms with Crippen molar-refractivity contribution < 1.29 is 14.3 Å². The van der Waals surface area contributed by atoms with Crippen LogP contribution in [-0.4, -0.2) is 38.4 Å². The molecule has 0 aliphatic heterocycles. The van der Waals surface area contributed by atoms with Gasteiger partial charge < -0.3 is 14.8 Å². The summed E-state index contributed by atoms with van der Waals surface area (Å²) in [6.45, 7) is 8.47. The SMILES string of the molecule is CCCCOCCOCCC(=O)NC(C)C. The van der Waals surface area contributed by atoms with E-state index in [1.807, 2.05) is 13.8 Å². The van der Waals surface area contributed by atoms with Gasteiger partial charge in [0.05, 0.1) is 19.8 Å². The molecule has 0 saturated heterocycles. The van der Waals surface area contributed by atoms with Crippen molar-refractivity contribution in [2.24, 2.45) is 0 Å². The van der Waals surface area contributed by atoms with Crippen molar-refractivity contribution in [1.29, 1.82) is 0 Å². The number of hydrogen-bond acceptors (Lipinski definition) is 3. The van der Waals surface area contributed by atoms with Crippen molar-refractivity contribution in [2.45, 2.75) is 46.1 Å². The molecule has 4 nitrogen and oxygen atoms in total. The lowest BCUT2D eigenvalue weighted by atomic mass is 10.3. The summed E-state index contributed by atoms with van der Waals surface area (Å²) in [6.07, 6.45) is 2.67. The Kier molecular flexibility index (Phi) is 10.5. The van der Waals surface area contributed by atoms with E-state index in [-0.39, 0.29) is 11.9 Å². The van der Waals surface area contributed by atoms with Gasteiger partial charge in [-0.05, 0) is 20.3 Å². The van der Waals surface area contributed by atoms with Crippen LogP contribution in [0.4, 0.5) is 0 Å². The Morgan fingerprint density at radius 1 is 1.12 bits per heavy atom. The van der Waals surface area contributed by atoms with Gasteiger partial charge in [-0.3, -0.25) is 4.79 Å². The number of ether oxygens (including phenoxy) is 2. The largest absolute Gasteiger partial charge is 0.379 e. The van der Waals surface area contributed by atoms with E-state index < -0.39 is 0 Å². The Morgan fingerprint density at radius 3 is 2.31 bits per heavy atom. The van der Waals surface area contributed by atoms with Crippen LogP contribution in [0, 0.1) is 0 Å². The number of unbranched alkanes of at least 4 members (excludes halogenated alkanes) is 1. The minimum Gasteiger partial charge on any atom is -0.379 e. The molecule has 0 spiro atoms. The van der Waals surface area contributed by atoms with E-state index in [0.29, 0.717) is 26.2 Å². The highest BCUT2D eigenvalue weighted by Crippen LogP contribution is 1.89. The molecule has 0 radical (unpaired) electrons. The summed E-state index contributed by atoms with van der Waals surface area (Å²) in [5.74, 6) is 0.0434. The first-order valence-corrected chi connectivity index (χ1v) is 6.11. The van der Waals surface area contributed by atoms with Crippen molar-refractivity contribution in [1.82, 2.24) is 5.32 Å². The third-order valence-electron chi connectivity index (χ3n) is 1.94. The summed E-state index contributed by atoms with van der Waals surface area (Å²) in [4.78, 5) is 11.2. The molecule has 0 fully saturated rings. The summed E-state index contributed by atoms with van der Waals surface area (Å²) in [6, 6.07) is 0.199. The molecule has 4 heteroatoms. The molecule has 1 amide bonds. The highest BCUT2D eigenvalue weighted by molar-refractivity contribution is 5.76. The Hall–Kier alpha value is -0.610. The van der Waals surface area contributed by atoms with Gasteiger partial charge in [0.15, 0.2) is 0 Å². The van der Waals surface area contributed by atoms with Crippen LogP contribution in [0.3, 0.4) is 0 Å². The van der Waals surface area contributed by atoms with Crippen LogP contribution >= 0.6 is 0 Å². The van der Waals surface area contributed by atoms with Crippen molar-refractivity contribution in [3.8, 4) is 0 Å². The molecule has 0 aliphatic carbocycles. The lowest BCUT2D eigenvalue weighted by Crippen LogP contribution is -2.30. The van der Waals surface area contributed by atoms with Gasteiger partial charge in [0.2, 0.25) is 5.91 Å². The fraction of sp³-hybridized carbons (Fsp3) is 0.917. The van der Waals surface area contributed by atoms with Crippen LogP contribution in [0.15, 0.2) is 0 Å². The van der Waals surface area contributed by atoms with E-state index in [1.165, 1.54) is 0 Å². The summed E-state index contributed by atoms with van der Waals surface area (Å²) < 4.78 is 10.6. The lowest BCUT2D eigenvalue weighted by Gasteiger charge is -2.08. The van der Waals surface area contributed by atoms with Gasteiger partial charge >= 0.3 is 0 Å². The molecular formula is C12H25NO3. The number of carbonyl (C=O) groups is 1. The Balaban J connectivity index is 3.11. The summed E-state index contributed by atoms with van der Waals surface area (Å²) in [5, 5.41) is 2.81. The molecule has 0 aliphatic rings. The zero-order chi connectivity index (χ0) is 12.2. The predicted molar refractivity (Wildman–Crippen MR) is 64.4 cm³/mol. The van der Waals surface area contributed by atoms with E-state index >= 15 is 0 Å². The van der Waals surface area contributed by atoms with Gasteiger partial charge in [-0.2, -0.15) is 0 Å². The molecule has 0 aromatic rings. The second kappa shape index (κ2) is 10.9. The maximum absolute atomic E-state index is 11.2. The predicted octanol–water partition coefficient (Wildman–Crippen LogP) is 1.73. The molecule has 0 heterocycles. The number of hydrogen-bond donors (Lipinski definition) is 1. The van der Waals surface area contributed by atoms with Gasteiger partial charge in [0.25, 0.3) is 0 Å². The number of carbonyl (C=O) groups excluding carboxylic acids is 1. The third kappa shape index (κ3) is 11.5. The Morgan fingerprint density at radius 2 is 1.75 bits per heavy atom. The van der Waals surface area contributed by atoms with Crippen LogP contribution in [0.25, 0.3) is 0 Å². The number of nitrogens with one attached hydrogen (secondary N) is 1. The quantitative estimate of drug-likeness (QED) is 0.582. The van der Waals surface area contributed by atoms with Crippen molar-refractivity contribution in [3.63, 3.8) is 0 Å². The van der Waals surface area contributed by atoms with Crippen LogP contribution in [0.1, 0.15) is 40.0 Å². The maximum atomic E-state index is 11.2. The summed E-state index contributed by atoms with van der Waals surface area (Å²) >= 11 is 0. The lowest BCUT2D eigenvalue weighted by molar-refractivity contribution is -0.122. The molecule has 16 heavy (non-hydrogen) atoms. The smallest absolute Gasteiger partial charge is 0.222 e. The molecule has 0 atom stereocenters. The second-order valence-electron chi connectivity index (χ2n) is 4.05. The average molecular weight is 231 g/mol. The van der Waals surface area contributed by atoms with Gasteiger partial charge in [0, 0.05) is 19.1 Å². The molecule has 0 unspecified atom stereocenters. The van der Waals surface area contributed by atoms with Gasteiger partial charge in [0.1, 0.15) is 0 Å². The van der Waals surface area contributed by atoms with Gasteiger partial charge in [-0.15, -0.1) is 0 Å². The number of rotatable bonds is 10. The highest BCUT2D eigenvalue weighted by Gasteiger charge is 2.02.